The molecule has 5 rings (SSSR count). The molecule has 0 aromatic heterocycles. The van der Waals surface area contributed by atoms with Gasteiger partial charge in [-0.3, -0.25) is 0 Å². The molecular formula is C26H33N3O4. The monoisotopic (exact) mass is 451 g/mol. The molecule has 1 atom stereocenters. The van der Waals surface area contributed by atoms with Crippen LogP contribution >= 0.6 is 0 Å². The van der Waals surface area contributed by atoms with E-state index in [2.05, 4.69) is 39.4 Å². The molecule has 3 heterocycles. The van der Waals surface area contributed by atoms with E-state index in [4.69, 9.17) is 14.2 Å². The molecule has 2 aromatic carbocycles. The molecule has 1 unspecified atom stereocenters. The number of ether oxygens (including phenoxy) is 3. The fraction of sp³-hybridized carbons (Fsp3) is 0.500. The Balaban J connectivity index is 1.15. The second-order valence-electron chi connectivity index (χ2n) is 8.91. The summed E-state index contributed by atoms with van der Waals surface area (Å²) < 4.78 is 17.5. The first-order chi connectivity index (χ1) is 16.2. The van der Waals surface area contributed by atoms with Crippen LogP contribution in [-0.4, -0.2) is 64.2 Å². The Morgan fingerprint density at radius 2 is 1.55 bits per heavy atom. The van der Waals surface area contributed by atoms with Crippen LogP contribution in [0.2, 0.25) is 0 Å². The molecule has 3 aliphatic rings. The number of hydrogen-bond acceptors (Lipinski definition) is 7. The average molecular weight is 452 g/mol. The molecule has 7 heteroatoms. The van der Waals surface area contributed by atoms with Gasteiger partial charge in [-0.25, -0.2) is 4.79 Å². The molecule has 33 heavy (non-hydrogen) atoms. The minimum absolute atomic E-state index is 0.0200. The number of nitrogens with one attached hydrogen (secondary N) is 1. The average Bonchev–Trinajstić information content (AvgIpc) is 3.28. The predicted molar refractivity (Wildman–Crippen MR) is 128 cm³/mol. The first kappa shape index (κ1) is 22.2. The zero-order valence-electron chi connectivity index (χ0n) is 19.3. The van der Waals surface area contributed by atoms with E-state index in [1.165, 1.54) is 11.3 Å². The van der Waals surface area contributed by atoms with Gasteiger partial charge in [0, 0.05) is 63.5 Å². The molecule has 3 aliphatic heterocycles. The lowest BCUT2D eigenvalue weighted by Gasteiger charge is -2.37. The van der Waals surface area contributed by atoms with Gasteiger partial charge in [0.15, 0.2) is 5.79 Å². The van der Waals surface area contributed by atoms with Crippen molar-refractivity contribution >= 4 is 17.3 Å². The summed E-state index contributed by atoms with van der Waals surface area (Å²) in [6.07, 6.45) is 1.85. The fourth-order valence-electron chi connectivity index (χ4n) is 4.93. The molecule has 0 saturated carbocycles. The standard InChI is InChI=1S/C26H33N3O4/c1-2-31-25(30)21-5-9-23(10-6-21)29-17-15-28(16-18-29)22-7-3-20(4-8-22)24-19-32-26(33-24)11-13-27-14-12-26/h3-10,24,27H,2,11-19H2,1H3. The fourth-order valence-corrected chi connectivity index (χ4v) is 4.93. The SMILES string of the molecule is CCOC(=O)c1ccc(N2CCN(c3ccc(C4COC5(CCNCC5)O4)cc3)CC2)cc1. The number of esters is 1. The predicted octanol–water partition coefficient (Wildman–Crippen LogP) is 3.36. The largest absolute Gasteiger partial charge is 0.462 e. The number of piperazine rings is 1. The molecule has 0 amide bonds. The number of nitrogens with zero attached hydrogens (tertiary/aromatic N) is 2. The van der Waals surface area contributed by atoms with Gasteiger partial charge in [0.25, 0.3) is 0 Å². The van der Waals surface area contributed by atoms with Crippen LogP contribution in [0.1, 0.15) is 41.8 Å². The minimum Gasteiger partial charge on any atom is -0.462 e. The van der Waals surface area contributed by atoms with Crippen LogP contribution < -0.4 is 15.1 Å². The van der Waals surface area contributed by atoms with Crippen LogP contribution in [0.25, 0.3) is 0 Å². The molecule has 1 spiro atoms. The molecule has 176 valence electrons. The first-order valence-corrected chi connectivity index (χ1v) is 12.1. The highest BCUT2D eigenvalue weighted by Crippen LogP contribution is 2.39. The summed E-state index contributed by atoms with van der Waals surface area (Å²) in [4.78, 5) is 16.6. The highest BCUT2D eigenvalue weighted by molar-refractivity contribution is 5.89. The zero-order valence-corrected chi connectivity index (χ0v) is 19.3. The lowest BCUT2D eigenvalue weighted by molar-refractivity contribution is -0.183. The summed E-state index contributed by atoms with van der Waals surface area (Å²) >= 11 is 0. The third-order valence-corrected chi connectivity index (χ3v) is 6.87. The van der Waals surface area contributed by atoms with E-state index < -0.39 is 0 Å². The second-order valence-corrected chi connectivity index (χ2v) is 8.91. The van der Waals surface area contributed by atoms with E-state index >= 15 is 0 Å². The van der Waals surface area contributed by atoms with Gasteiger partial charge in [-0.2, -0.15) is 0 Å². The third-order valence-electron chi connectivity index (χ3n) is 6.87. The number of carbonyl (C=O) groups is 1. The Bertz CT molecular complexity index is 933. The quantitative estimate of drug-likeness (QED) is 0.700. The van der Waals surface area contributed by atoms with Crippen molar-refractivity contribution in [2.75, 3.05) is 62.3 Å². The molecule has 1 N–H and O–H groups in total. The third kappa shape index (κ3) is 4.86. The smallest absolute Gasteiger partial charge is 0.338 e. The van der Waals surface area contributed by atoms with Crippen LogP contribution in [0.15, 0.2) is 48.5 Å². The van der Waals surface area contributed by atoms with Gasteiger partial charge in [0.05, 0.1) is 18.8 Å². The van der Waals surface area contributed by atoms with E-state index in [-0.39, 0.29) is 17.9 Å². The van der Waals surface area contributed by atoms with Gasteiger partial charge in [-0.15, -0.1) is 0 Å². The maximum absolute atomic E-state index is 11.9. The maximum Gasteiger partial charge on any atom is 0.338 e. The molecular weight excluding hydrogens is 418 g/mol. The van der Waals surface area contributed by atoms with Crippen LogP contribution in [0.4, 0.5) is 11.4 Å². The maximum atomic E-state index is 11.9. The first-order valence-electron chi connectivity index (χ1n) is 12.1. The Kier molecular flexibility index (Phi) is 6.53. The molecule has 7 nitrogen and oxygen atoms in total. The lowest BCUT2D eigenvalue weighted by Crippen LogP contribution is -2.46. The molecule has 2 aromatic rings. The Labute approximate surface area is 195 Å². The van der Waals surface area contributed by atoms with Gasteiger partial charge in [0.2, 0.25) is 0 Å². The molecule has 0 bridgehead atoms. The van der Waals surface area contributed by atoms with E-state index in [1.807, 2.05) is 31.2 Å². The zero-order chi connectivity index (χ0) is 22.7. The van der Waals surface area contributed by atoms with Gasteiger partial charge < -0.3 is 29.3 Å². The highest BCUT2D eigenvalue weighted by Gasteiger charge is 2.42. The summed E-state index contributed by atoms with van der Waals surface area (Å²) in [5, 5.41) is 3.37. The van der Waals surface area contributed by atoms with Crippen molar-refractivity contribution < 1.29 is 19.0 Å². The van der Waals surface area contributed by atoms with Crippen molar-refractivity contribution in [3.8, 4) is 0 Å². The normalized spacial score (nSPS) is 22.5. The highest BCUT2D eigenvalue weighted by atomic mass is 16.7. The lowest BCUT2D eigenvalue weighted by atomic mass is 10.1. The van der Waals surface area contributed by atoms with Crippen LogP contribution in [0.5, 0.6) is 0 Å². The summed E-state index contributed by atoms with van der Waals surface area (Å²) in [5.41, 5.74) is 4.17. The number of rotatable bonds is 5. The Morgan fingerprint density at radius 3 is 2.12 bits per heavy atom. The molecule has 0 radical (unpaired) electrons. The van der Waals surface area contributed by atoms with Crippen molar-refractivity contribution in [3.63, 3.8) is 0 Å². The van der Waals surface area contributed by atoms with Crippen molar-refractivity contribution in [2.45, 2.75) is 31.7 Å². The summed E-state index contributed by atoms with van der Waals surface area (Å²) in [6, 6.07) is 16.5. The summed E-state index contributed by atoms with van der Waals surface area (Å²) in [6.45, 7) is 8.54. The van der Waals surface area contributed by atoms with Crippen LogP contribution in [0, 0.1) is 0 Å². The number of hydrogen-bond donors (Lipinski definition) is 1. The van der Waals surface area contributed by atoms with Crippen LogP contribution in [-0.2, 0) is 14.2 Å². The number of anilines is 2. The molecule has 3 saturated heterocycles. The Morgan fingerprint density at radius 1 is 0.970 bits per heavy atom. The number of benzene rings is 2. The van der Waals surface area contributed by atoms with Crippen molar-refractivity contribution in [1.82, 2.24) is 5.32 Å². The number of carbonyl (C=O) groups excluding carboxylic acids is 1. The summed E-state index contributed by atoms with van der Waals surface area (Å²) in [5.74, 6) is -0.655. The van der Waals surface area contributed by atoms with E-state index in [0.717, 1.165) is 57.8 Å². The second kappa shape index (κ2) is 9.71. The van der Waals surface area contributed by atoms with Crippen molar-refractivity contribution in [3.05, 3.63) is 59.7 Å². The van der Waals surface area contributed by atoms with E-state index in [9.17, 15) is 4.79 Å². The van der Waals surface area contributed by atoms with Crippen molar-refractivity contribution in [2.24, 2.45) is 0 Å². The van der Waals surface area contributed by atoms with Gasteiger partial charge in [-0.1, -0.05) is 12.1 Å². The van der Waals surface area contributed by atoms with E-state index in [0.29, 0.717) is 18.8 Å². The minimum atomic E-state index is -0.389. The number of piperidine rings is 1. The van der Waals surface area contributed by atoms with Gasteiger partial charge in [-0.05, 0) is 48.9 Å². The topological polar surface area (TPSA) is 63.3 Å². The molecule has 3 fully saturated rings. The van der Waals surface area contributed by atoms with Gasteiger partial charge in [0.1, 0.15) is 6.10 Å². The van der Waals surface area contributed by atoms with Gasteiger partial charge >= 0.3 is 5.97 Å². The molecule has 0 aliphatic carbocycles. The Hall–Kier alpha value is -2.61. The van der Waals surface area contributed by atoms with Crippen molar-refractivity contribution in [1.29, 1.82) is 0 Å². The van der Waals surface area contributed by atoms with E-state index in [1.54, 1.807) is 0 Å². The summed E-state index contributed by atoms with van der Waals surface area (Å²) in [7, 11) is 0. The van der Waals surface area contributed by atoms with Crippen LogP contribution in [0.3, 0.4) is 0 Å².